The molecular formula is C13H18N4O2. The molecule has 2 rings (SSSR count). The topological polar surface area (TPSA) is 71.2 Å². The molecule has 2 heterocycles. The van der Waals surface area contributed by atoms with E-state index >= 15 is 0 Å². The molecule has 0 aliphatic carbocycles. The minimum atomic E-state index is -0.504. The van der Waals surface area contributed by atoms with Gasteiger partial charge in [0, 0.05) is 6.54 Å². The van der Waals surface area contributed by atoms with E-state index < -0.39 is 5.60 Å². The molecule has 0 fully saturated rings. The summed E-state index contributed by atoms with van der Waals surface area (Å²) in [6.07, 6.45) is -0.328. The van der Waals surface area contributed by atoms with Crippen molar-refractivity contribution in [2.75, 3.05) is 6.54 Å². The van der Waals surface area contributed by atoms with E-state index in [1.807, 2.05) is 33.8 Å². The highest BCUT2D eigenvalue weighted by molar-refractivity contribution is 5.68. The predicted octanol–water partition coefficient (Wildman–Crippen LogP) is 2.07. The van der Waals surface area contributed by atoms with Crippen LogP contribution >= 0.6 is 0 Å². The average molecular weight is 262 g/mol. The van der Waals surface area contributed by atoms with Gasteiger partial charge in [0.25, 0.3) is 0 Å². The lowest BCUT2D eigenvalue weighted by molar-refractivity contribution is 0.0166. The van der Waals surface area contributed by atoms with Crippen LogP contribution in [-0.2, 0) is 11.3 Å². The van der Waals surface area contributed by atoms with Gasteiger partial charge in [-0.05, 0) is 33.8 Å². The van der Waals surface area contributed by atoms with Crippen LogP contribution in [-0.4, -0.2) is 32.9 Å². The van der Waals surface area contributed by atoms with E-state index in [1.165, 1.54) is 0 Å². The first kappa shape index (κ1) is 13.4. The molecular weight excluding hydrogens is 244 g/mol. The van der Waals surface area contributed by atoms with Crippen molar-refractivity contribution < 1.29 is 9.53 Å². The van der Waals surface area contributed by atoms with Gasteiger partial charge in [0.2, 0.25) is 0 Å². The number of fused-ring (bicyclic) bond motifs is 1. The third-order valence-electron chi connectivity index (χ3n) is 2.83. The number of nitriles is 1. The predicted molar refractivity (Wildman–Crippen MR) is 68.3 cm³/mol. The Morgan fingerprint density at radius 2 is 2.26 bits per heavy atom. The first-order valence-corrected chi connectivity index (χ1v) is 6.26. The molecule has 102 valence electrons. The summed E-state index contributed by atoms with van der Waals surface area (Å²) >= 11 is 0. The Hall–Kier alpha value is -2.03. The summed E-state index contributed by atoms with van der Waals surface area (Å²) in [6, 6.07) is 3.78. The summed E-state index contributed by atoms with van der Waals surface area (Å²) in [7, 11) is 0. The highest BCUT2D eigenvalue weighted by Crippen LogP contribution is 2.22. The third-order valence-corrected chi connectivity index (χ3v) is 2.83. The van der Waals surface area contributed by atoms with Crippen molar-refractivity contribution in [2.24, 2.45) is 0 Å². The van der Waals surface area contributed by atoms with Crippen molar-refractivity contribution >= 4 is 6.09 Å². The molecule has 6 nitrogen and oxygen atoms in total. The summed E-state index contributed by atoms with van der Waals surface area (Å²) in [5.41, 5.74) is 0.740. The average Bonchev–Trinajstić information content (AvgIpc) is 2.70. The largest absolute Gasteiger partial charge is 0.444 e. The van der Waals surface area contributed by atoms with E-state index in [2.05, 4.69) is 5.10 Å². The summed E-state index contributed by atoms with van der Waals surface area (Å²) in [6.45, 7) is 8.46. The zero-order valence-electron chi connectivity index (χ0n) is 11.7. The number of hydrogen-bond acceptors (Lipinski definition) is 4. The SMILES string of the molecule is C[C@H]1CN(C(=O)OC(C)(C)C)Cc2cc(C#N)nn21. The van der Waals surface area contributed by atoms with Gasteiger partial charge in [-0.3, -0.25) is 4.68 Å². The normalized spacial score (nSPS) is 18.7. The molecule has 19 heavy (non-hydrogen) atoms. The fourth-order valence-corrected chi connectivity index (χ4v) is 2.11. The van der Waals surface area contributed by atoms with Gasteiger partial charge in [0.05, 0.1) is 18.3 Å². The van der Waals surface area contributed by atoms with Crippen molar-refractivity contribution in [3.63, 3.8) is 0 Å². The molecule has 1 atom stereocenters. The van der Waals surface area contributed by atoms with Crippen molar-refractivity contribution in [1.29, 1.82) is 5.26 Å². The highest BCUT2D eigenvalue weighted by atomic mass is 16.6. The van der Waals surface area contributed by atoms with Gasteiger partial charge in [-0.15, -0.1) is 0 Å². The van der Waals surface area contributed by atoms with Crippen LogP contribution in [0.3, 0.4) is 0 Å². The van der Waals surface area contributed by atoms with Crippen molar-refractivity contribution in [3.05, 3.63) is 17.5 Å². The number of rotatable bonds is 0. The fourth-order valence-electron chi connectivity index (χ4n) is 2.11. The molecule has 1 aromatic heterocycles. The molecule has 0 saturated heterocycles. The van der Waals surface area contributed by atoms with Crippen LogP contribution in [0, 0.1) is 11.3 Å². The lowest BCUT2D eigenvalue weighted by Gasteiger charge is -2.33. The molecule has 1 aliphatic rings. The standard InChI is InChI=1S/C13H18N4O2/c1-9-7-16(12(18)19-13(2,3)4)8-11-5-10(6-14)15-17(9)11/h5,9H,7-8H2,1-4H3/t9-/m0/s1. The summed E-state index contributed by atoms with van der Waals surface area (Å²) in [4.78, 5) is 13.7. The fraction of sp³-hybridized carbons (Fsp3) is 0.615. The number of carbonyl (C=O) groups excluding carboxylic acids is 1. The molecule has 0 saturated carbocycles. The molecule has 1 amide bonds. The van der Waals surface area contributed by atoms with E-state index in [0.29, 0.717) is 18.8 Å². The van der Waals surface area contributed by atoms with Gasteiger partial charge in [0.1, 0.15) is 11.7 Å². The Kier molecular flexibility index (Phi) is 3.23. The summed E-state index contributed by atoms with van der Waals surface area (Å²) in [5.74, 6) is 0. The zero-order chi connectivity index (χ0) is 14.2. The van der Waals surface area contributed by atoms with E-state index in [4.69, 9.17) is 10.00 Å². The quantitative estimate of drug-likeness (QED) is 0.717. The van der Waals surface area contributed by atoms with Crippen molar-refractivity contribution in [1.82, 2.24) is 14.7 Å². The second kappa shape index (κ2) is 4.57. The van der Waals surface area contributed by atoms with Gasteiger partial charge in [-0.1, -0.05) is 0 Å². The number of hydrogen-bond donors (Lipinski definition) is 0. The van der Waals surface area contributed by atoms with E-state index in [-0.39, 0.29) is 12.1 Å². The molecule has 0 bridgehead atoms. The van der Waals surface area contributed by atoms with Crippen LogP contribution in [0.15, 0.2) is 6.07 Å². The molecule has 0 N–H and O–H groups in total. The first-order chi connectivity index (χ1) is 8.80. The lowest BCUT2D eigenvalue weighted by atomic mass is 10.2. The van der Waals surface area contributed by atoms with E-state index in [9.17, 15) is 4.79 Å². The van der Waals surface area contributed by atoms with Crippen molar-refractivity contribution in [2.45, 2.75) is 45.9 Å². The molecule has 0 spiro atoms. The Morgan fingerprint density at radius 1 is 1.58 bits per heavy atom. The molecule has 1 aromatic rings. The Morgan fingerprint density at radius 3 is 2.84 bits per heavy atom. The van der Waals surface area contributed by atoms with Gasteiger partial charge in [-0.25, -0.2) is 4.79 Å². The van der Waals surface area contributed by atoms with Crippen LogP contribution in [0.2, 0.25) is 0 Å². The van der Waals surface area contributed by atoms with Crippen molar-refractivity contribution in [3.8, 4) is 6.07 Å². The highest BCUT2D eigenvalue weighted by Gasteiger charge is 2.30. The van der Waals surface area contributed by atoms with Crippen LogP contribution in [0.4, 0.5) is 4.79 Å². The number of nitrogens with zero attached hydrogens (tertiary/aromatic N) is 4. The Bertz CT molecular complexity index is 536. The molecule has 1 aliphatic heterocycles. The van der Waals surface area contributed by atoms with Gasteiger partial charge >= 0.3 is 6.09 Å². The maximum atomic E-state index is 12.1. The lowest BCUT2D eigenvalue weighted by Crippen LogP contribution is -2.43. The second-order valence-electron chi connectivity index (χ2n) is 5.79. The first-order valence-electron chi connectivity index (χ1n) is 6.26. The maximum Gasteiger partial charge on any atom is 0.410 e. The minimum absolute atomic E-state index is 0.0402. The zero-order valence-corrected chi connectivity index (χ0v) is 11.7. The molecule has 6 heteroatoms. The van der Waals surface area contributed by atoms with Crippen LogP contribution < -0.4 is 0 Å². The minimum Gasteiger partial charge on any atom is -0.444 e. The number of ether oxygens (including phenoxy) is 1. The Labute approximate surface area is 112 Å². The summed E-state index contributed by atoms with van der Waals surface area (Å²) in [5, 5.41) is 13.1. The third kappa shape index (κ3) is 2.87. The number of carbonyl (C=O) groups is 1. The monoisotopic (exact) mass is 262 g/mol. The van der Waals surface area contributed by atoms with Gasteiger partial charge in [0.15, 0.2) is 5.69 Å². The van der Waals surface area contributed by atoms with Gasteiger partial charge < -0.3 is 9.64 Å². The molecule has 0 aromatic carbocycles. The van der Waals surface area contributed by atoms with Gasteiger partial charge in [-0.2, -0.15) is 10.4 Å². The van der Waals surface area contributed by atoms with Crippen LogP contribution in [0.5, 0.6) is 0 Å². The number of amides is 1. The van der Waals surface area contributed by atoms with E-state index in [1.54, 1.807) is 15.6 Å². The van der Waals surface area contributed by atoms with E-state index in [0.717, 1.165) is 5.69 Å². The summed E-state index contributed by atoms with van der Waals surface area (Å²) < 4.78 is 7.17. The smallest absolute Gasteiger partial charge is 0.410 e. The maximum absolute atomic E-state index is 12.1. The van der Waals surface area contributed by atoms with Crippen LogP contribution in [0.1, 0.15) is 45.1 Å². The second-order valence-corrected chi connectivity index (χ2v) is 5.79. The molecule has 0 unspecified atom stereocenters. The molecule has 0 radical (unpaired) electrons. The number of aromatic nitrogens is 2. The Balaban J connectivity index is 2.17. The van der Waals surface area contributed by atoms with Crippen LogP contribution in [0.25, 0.3) is 0 Å².